The van der Waals surface area contributed by atoms with Crippen LogP contribution in [0.15, 0.2) is 29.8 Å². The van der Waals surface area contributed by atoms with Gasteiger partial charge < -0.3 is 4.74 Å². The summed E-state index contributed by atoms with van der Waals surface area (Å²) in [5, 5.41) is 0. The summed E-state index contributed by atoms with van der Waals surface area (Å²) in [6.45, 7) is 0. The number of carbonyl (C=O) groups excluding carboxylic acids is 1. The van der Waals surface area contributed by atoms with E-state index in [4.69, 9.17) is 4.74 Å². The second kappa shape index (κ2) is 5.13. The summed E-state index contributed by atoms with van der Waals surface area (Å²) in [6.07, 6.45) is 5.81. The van der Waals surface area contributed by atoms with E-state index in [1.165, 1.54) is 25.3 Å². The lowest BCUT2D eigenvalue weighted by Gasteiger charge is -2.13. The topological polar surface area (TPSA) is 26.3 Å². The molecule has 1 aromatic carbocycles. The van der Waals surface area contributed by atoms with Crippen LogP contribution in [0.5, 0.6) is 5.75 Å². The van der Waals surface area contributed by atoms with Crippen LogP contribution >= 0.6 is 0 Å². The number of methoxy groups -OCH3 is 1. The van der Waals surface area contributed by atoms with Crippen molar-refractivity contribution >= 4 is 5.78 Å². The Hall–Kier alpha value is -1.64. The van der Waals surface area contributed by atoms with Crippen molar-refractivity contribution in [1.82, 2.24) is 0 Å². The van der Waals surface area contributed by atoms with Gasteiger partial charge in [-0.2, -0.15) is 0 Å². The van der Waals surface area contributed by atoms with Crippen molar-refractivity contribution in [3.05, 3.63) is 41.2 Å². The first-order valence-corrected chi connectivity index (χ1v) is 5.79. The van der Waals surface area contributed by atoms with Gasteiger partial charge in [-0.05, 0) is 49.5 Å². The van der Waals surface area contributed by atoms with Crippen LogP contribution in [-0.2, 0) is 0 Å². The maximum absolute atomic E-state index is 13.2. The van der Waals surface area contributed by atoms with Gasteiger partial charge in [-0.1, -0.05) is 6.08 Å². The zero-order valence-corrected chi connectivity index (χ0v) is 9.83. The van der Waals surface area contributed by atoms with Gasteiger partial charge in [0.1, 0.15) is 11.6 Å². The number of hydrogen-bond acceptors (Lipinski definition) is 2. The van der Waals surface area contributed by atoms with E-state index in [0.29, 0.717) is 11.3 Å². The summed E-state index contributed by atoms with van der Waals surface area (Å²) in [4.78, 5) is 12.2. The second-order valence-electron chi connectivity index (χ2n) is 4.15. The standard InChI is InChI=1S/C14H15FO2/c1-17-13-8-7-11(15)9-12(13)14(16)10-5-3-2-4-6-10/h5,7-9H,2-4,6H2,1H3. The highest BCUT2D eigenvalue weighted by Gasteiger charge is 2.18. The van der Waals surface area contributed by atoms with Crippen molar-refractivity contribution in [2.45, 2.75) is 25.7 Å². The van der Waals surface area contributed by atoms with Crippen LogP contribution in [0.3, 0.4) is 0 Å². The minimum atomic E-state index is -0.412. The van der Waals surface area contributed by atoms with E-state index in [1.807, 2.05) is 6.08 Å². The highest BCUT2D eigenvalue weighted by atomic mass is 19.1. The Morgan fingerprint density at radius 3 is 2.82 bits per heavy atom. The molecular weight excluding hydrogens is 219 g/mol. The van der Waals surface area contributed by atoms with Crippen molar-refractivity contribution in [2.75, 3.05) is 7.11 Å². The van der Waals surface area contributed by atoms with E-state index in [1.54, 1.807) is 0 Å². The Bertz CT molecular complexity index is 463. The molecule has 0 N–H and O–H groups in total. The molecule has 0 saturated carbocycles. The van der Waals surface area contributed by atoms with Gasteiger partial charge >= 0.3 is 0 Å². The summed E-state index contributed by atoms with van der Waals surface area (Å²) >= 11 is 0. The van der Waals surface area contributed by atoms with Gasteiger partial charge in [-0.15, -0.1) is 0 Å². The van der Waals surface area contributed by atoms with E-state index < -0.39 is 5.82 Å². The molecule has 90 valence electrons. The molecule has 0 heterocycles. The average Bonchev–Trinajstić information content (AvgIpc) is 2.39. The molecule has 0 bridgehead atoms. The lowest BCUT2D eigenvalue weighted by Crippen LogP contribution is -2.08. The van der Waals surface area contributed by atoms with E-state index in [2.05, 4.69) is 0 Å². The van der Waals surface area contributed by atoms with E-state index in [9.17, 15) is 9.18 Å². The van der Waals surface area contributed by atoms with E-state index in [-0.39, 0.29) is 5.78 Å². The van der Waals surface area contributed by atoms with E-state index >= 15 is 0 Å². The Morgan fingerprint density at radius 1 is 1.35 bits per heavy atom. The minimum absolute atomic E-state index is 0.110. The summed E-state index contributed by atoms with van der Waals surface area (Å²) in [6, 6.07) is 4.04. The molecule has 17 heavy (non-hydrogen) atoms. The largest absolute Gasteiger partial charge is 0.496 e. The maximum Gasteiger partial charge on any atom is 0.192 e. The zero-order valence-electron chi connectivity index (χ0n) is 9.83. The summed E-state index contributed by atoms with van der Waals surface area (Å²) in [7, 11) is 1.49. The normalized spacial score (nSPS) is 15.3. The van der Waals surface area contributed by atoms with Gasteiger partial charge in [0.15, 0.2) is 5.78 Å². The number of benzene rings is 1. The molecular formula is C14H15FO2. The van der Waals surface area contributed by atoms with Crippen LogP contribution < -0.4 is 4.74 Å². The molecule has 0 amide bonds. The van der Waals surface area contributed by atoms with Gasteiger partial charge in [-0.25, -0.2) is 4.39 Å². The molecule has 1 aliphatic carbocycles. The predicted octanol–water partition coefficient (Wildman–Crippen LogP) is 3.52. The van der Waals surface area contributed by atoms with Crippen LogP contribution in [0.2, 0.25) is 0 Å². The van der Waals surface area contributed by atoms with Crippen molar-refractivity contribution in [1.29, 1.82) is 0 Å². The average molecular weight is 234 g/mol. The minimum Gasteiger partial charge on any atom is -0.496 e. The molecule has 1 aliphatic rings. The molecule has 3 heteroatoms. The van der Waals surface area contributed by atoms with Gasteiger partial charge in [0.25, 0.3) is 0 Å². The number of rotatable bonds is 3. The number of carbonyl (C=O) groups is 1. The Morgan fingerprint density at radius 2 is 2.18 bits per heavy atom. The van der Waals surface area contributed by atoms with Crippen LogP contribution in [0.1, 0.15) is 36.0 Å². The van der Waals surface area contributed by atoms with Gasteiger partial charge in [0.2, 0.25) is 0 Å². The molecule has 0 atom stereocenters. The Kier molecular flexibility index (Phi) is 3.57. The number of Topliss-reactive ketones (excluding diaryl/α,β-unsaturated/α-hetero) is 1. The highest BCUT2D eigenvalue weighted by Crippen LogP contribution is 2.26. The fraction of sp³-hybridized carbons (Fsp3) is 0.357. The number of ether oxygens (including phenoxy) is 1. The summed E-state index contributed by atoms with van der Waals surface area (Å²) in [5.41, 5.74) is 1.10. The lowest BCUT2D eigenvalue weighted by molar-refractivity contribution is 0.102. The molecule has 0 fully saturated rings. The van der Waals surface area contributed by atoms with Crippen molar-refractivity contribution in [2.24, 2.45) is 0 Å². The zero-order chi connectivity index (χ0) is 12.3. The van der Waals surface area contributed by atoms with Crippen LogP contribution in [-0.4, -0.2) is 12.9 Å². The maximum atomic E-state index is 13.2. The molecule has 1 aromatic rings. The van der Waals surface area contributed by atoms with Crippen molar-refractivity contribution in [3.63, 3.8) is 0 Å². The fourth-order valence-electron chi connectivity index (χ4n) is 2.07. The molecule has 0 saturated heterocycles. The van der Waals surface area contributed by atoms with E-state index in [0.717, 1.165) is 31.3 Å². The number of ketones is 1. The Balaban J connectivity index is 2.35. The SMILES string of the molecule is COc1ccc(F)cc1C(=O)C1=CCCCC1. The summed E-state index contributed by atoms with van der Waals surface area (Å²) in [5.74, 6) is -0.0884. The van der Waals surface area contributed by atoms with Crippen LogP contribution in [0, 0.1) is 5.82 Å². The molecule has 0 spiro atoms. The number of hydrogen-bond donors (Lipinski definition) is 0. The number of allylic oxidation sites excluding steroid dienone is 2. The molecule has 0 unspecified atom stereocenters. The van der Waals surface area contributed by atoms with Crippen LogP contribution in [0.25, 0.3) is 0 Å². The molecule has 2 nitrogen and oxygen atoms in total. The lowest BCUT2D eigenvalue weighted by atomic mass is 9.92. The summed E-state index contributed by atoms with van der Waals surface area (Å²) < 4.78 is 18.3. The smallest absolute Gasteiger partial charge is 0.192 e. The number of halogens is 1. The molecule has 0 radical (unpaired) electrons. The highest BCUT2D eigenvalue weighted by molar-refractivity contribution is 6.10. The first kappa shape index (κ1) is 11.8. The predicted molar refractivity (Wildman–Crippen MR) is 63.8 cm³/mol. The molecule has 0 aromatic heterocycles. The second-order valence-corrected chi connectivity index (χ2v) is 4.15. The first-order valence-electron chi connectivity index (χ1n) is 5.79. The van der Waals surface area contributed by atoms with Crippen molar-refractivity contribution in [3.8, 4) is 5.75 Å². The third-order valence-electron chi connectivity index (χ3n) is 2.99. The van der Waals surface area contributed by atoms with Crippen molar-refractivity contribution < 1.29 is 13.9 Å². The van der Waals surface area contributed by atoms with Gasteiger partial charge in [0, 0.05) is 0 Å². The van der Waals surface area contributed by atoms with Gasteiger partial charge in [-0.3, -0.25) is 4.79 Å². The third kappa shape index (κ3) is 2.54. The monoisotopic (exact) mass is 234 g/mol. The third-order valence-corrected chi connectivity index (χ3v) is 2.99. The van der Waals surface area contributed by atoms with Gasteiger partial charge in [0.05, 0.1) is 12.7 Å². The fourth-order valence-corrected chi connectivity index (χ4v) is 2.07. The van der Waals surface area contributed by atoms with Crippen LogP contribution in [0.4, 0.5) is 4.39 Å². The molecule has 0 aliphatic heterocycles. The first-order chi connectivity index (χ1) is 8.22. The molecule has 2 rings (SSSR count). The quantitative estimate of drug-likeness (QED) is 0.748. The Labute approximate surface area is 100 Å².